The Hall–Kier alpha value is -1.40. The van der Waals surface area contributed by atoms with Crippen LogP contribution in [0.25, 0.3) is 0 Å². The SMILES string of the molecule is CCCCCS(=O)(=O)CC(Cl)CN1C(=O)c2ccccc2C1=O. The molecule has 0 saturated heterocycles. The molecule has 0 N–H and O–H groups in total. The summed E-state index contributed by atoms with van der Waals surface area (Å²) in [6.45, 7) is 1.90. The summed E-state index contributed by atoms with van der Waals surface area (Å²) in [7, 11) is -3.28. The first-order chi connectivity index (χ1) is 10.9. The minimum atomic E-state index is -3.28. The van der Waals surface area contributed by atoms with Gasteiger partial charge < -0.3 is 0 Å². The number of hydrogen-bond donors (Lipinski definition) is 0. The molecule has 2 amide bonds. The van der Waals surface area contributed by atoms with Crippen molar-refractivity contribution >= 4 is 33.3 Å². The Balaban J connectivity index is 1.98. The normalized spacial score (nSPS) is 15.8. The average Bonchev–Trinajstić information content (AvgIpc) is 2.72. The number of fused-ring (bicyclic) bond motifs is 1. The summed E-state index contributed by atoms with van der Waals surface area (Å²) in [6, 6.07) is 6.54. The maximum atomic E-state index is 12.2. The van der Waals surface area contributed by atoms with E-state index < -0.39 is 27.0 Å². The Morgan fingerprint density at radius 1 is 1.09 bits per heavy atom. The number of halogens is 1. The molecule has 2 rings (SSSR count). The minimum Gasteiger partial charge on any atom is -0.273 e. The highest BCUT2D eigenvalue weighted by molar-refractivity contribution is 7.91. The topological polar surface area (TPSA) is 71.5 Å². The summed E-state index contributed by atoms with van der Waals surface area (Å²) < 4.78 is 24.0. The predicted molar refractivity (Wildman–Crippen MR) is 89.6 cm³/mol. The van der Waals surface area contributed by atoms with Crippen LogP contribution in [0.2, 0.25) is 0 Å². The molecule has 1 aliphatic heterocycles. The molecule has 0 aliphatic carbocycles. The van der Waals surface area contributed by atoms with Gasteiger partial charge in [-0.15, -0.1) is 11.6 Å². The zero-order chi connectivity index (χ0) is 17.0. The summed E-state index contributed by atoms with van der Waals surface area (Å²) >= 11 is 6.11. The molecular weight excluding hydrogens is 338 g/mol. The lowest BCUT2D eigenvalue weighted by molar-refractivity contribution is 0.0655. The number of hydrogen-bond acceptors (Lipinski definition) is 4. The molecule has 0 fully saturated rings. The molecule has 0 saturated carbocycles. The summed E-state index contributed by atoms with van der Waals surface area (Å²) in [6.07, 6.45) is 2.40. The Bertz CT molecular complexity index is 667. The summed E-state index contributed by atoms with van der Waals surface area (Å²) in [5.74, 6) is -0.975. The van der Waals surface area contributed by atoms with Gasteiger partial charge in [0, 0.05) is 6.54 Å². The number of amides is 2. The van der Waals surface area contributed by atoms with Crippen molar-refractivity contribution in [3.05, 3.63) is 35.4 Å². The average molecular weight is 358 g/mol. The Kier molecular flexibility index (Phi) is 5.81. The van der Waals surface area contributed by atoms with E-state index >= 15 is 0 Å². The largest absolute Gasteiger partial charge is 0.273 e. The molecule has 1 aromatic rings. The Labute approximate surface area is 141 Å². The molecule has 0 bridgehead atoms. The van der Waals surface area contributed by atoms with Gasteiger partial charge in [0.1, 0.15) is 0 Å². The summed E-state index contributed by atoms with van der Waals surface area (Å²) in [4.78, 5) is 25.5. The van der Waals surface area contributed by atoms with E-state index in [0.717, 1.165) is 17.7 Å². The monoisotopic (exact) mass is 357 g/mol. The number of unbranched alkanes of at least 4 members (excludes halogenated alkanes) is 2. The van der Waals surface area contributed by atoms with E-state index in [-0.39, 0.29) is 18.1 Å². The van der Waals surface area contributed by atoms with E-state index in [1.165, 1.54) is 0 Å². The number of nitrogens with zero attached hydrogens (tertiary/aromatic N) is 1. The highest BCUT2D eigenvalue weighted by atomic mass is 35.5. The summed E-state index contributed by atoms with van der Waals surface area (Å²) in [5.41, 5.74) is 0.680. The standard InChI is InChI=1S/C16H20ClNO4S/c1-2-3-6-9-23(21,22)11-12(17)10-18-15(19)13-7-4-5-8-14(13)16(18)20/h4-5,7-8,12H,2-3,6,9-11H2,1H3. The fourth-order valence-electron chi connectivity index (χ4n) is 2.59. The van der Waals surface area contributed by atoms with Crippen LogP contribution in [0.4, 0.5) is 0 Å². The van der Waals surface area contributed by atoms with Gasteiger partial charge in [0.05, 0.1) is 28.0 Å². The van der Waals surface area contributed by atoms with Crippen molar-refractivity contribution in [3.63, 3.8) is 0 Å². The van der Waals surface area contributed by atoms with Gasteiger partial charge in [0.2, 0.25) is 0 Å². The van der Waals surface area contributed by atoms with Crippen LogP contribution < -0.4 is 0 Å². The molecule has 0 aromatic heterocycles. The lowest BCUT2D eigenvalue weighted by atomic mass is 10.1. The number of alkyl halides is 1. The van der Waals surface area contributed by atoms with E-state index in [2.05, 4.69) is 0 Å². The number of carbonyl (C=O) groups is 2. The maximum absolute atomic E-state index is 12.2. The molecule has 126 valence electrons. The van der Waals surface area contributed by atoms with Gasteiger partial charge in [0.15, 0.2) is 9.84 Å². The quantitative estimate of drug-likeness (QED) is 0.407. The van der Waals surface area contributed by atoms with Crippen molar-refractivity contribution in [1.29, 1.82) is 0 Å². The number of rotatable bonds is 8. The van der Waals surface area contributed by atoms with Crippen molar-refractivity contribution in [2.24, 2.45) is 0 Å². The third-order valence-electron chi connectivity index (χ3n) is 3.75. The zero-order valence-corrected chi connectivity index (χ0v) is 14.6. The van der Waals surface area contributed by atoms with Gasteiger partial charge in [-0.1, -0.05) is 31.9 Å². The first-order valence-corrected chi connectivity index (χ1v) is 9.91. The molecule has 1 unspecified atom stereocenters. The van der Waals surface area contributed by atoms with Crippen LogP contribution in [0.3, 0.4) is 0 Å². The second-order valence-electron chi connectivity index (χ2n) is 5.69. The predicted octanol–water partition coefficient (Wildman–Crippen LogP) is 2.50. The first kappa shape index (κ1) is 17.9. The molecule has 5 nitrogen and oxygen atoms in total. The lowest BCUT2D eigenvalue weighted by Gasteiger charge is -2.18. The molecule has 7 heteroatoms. The Morgan fingerprint density at radius 3 is 2.17 bits per heavy atom. The van der Waals surface area contributed by atoms with Crippen LogP contribution >= 0.6 is 11.6 Å². The highest BCUT2D eigenvalue weighted by Gasteiger charge is 2.36. The van der Waals surface area contributed by atoms with Crippen LogP contribution in [0.5, 0.6) is 0 Å². The number of benzene rings is 1. The second kappa shape index (κ2) is 7.45. The molecule has 0 radical (unpaired) electrons. The molecule has 1 heterocycles. The van der Waals surface area contributed by atoms with Crippen molar-refractivity contribution in [1.82, 2.24) is 4.90 Å². The van der Waals surface area contributed by atoms with E-state index in [0.29, 0.717) is 17.5 Å². The van der Waals surface area contributed by atoms with Crippen LogP contribution in [0.1, 0.15) is 46.9 Å². The van der Waals surface area contributed by atoms with Crippen LogP contribution in [-0.4, -0.2) is 48.6 Å². The maximum Gasteiger partial charge on any atom is 0.261 e. The van der Waals surface area contributed by atoms with Gasteiger partial charge in [-0.25, -0.2) is 8.42 Å². The molecular formula is C16H20ClNO4S. The molecule has 1 atom stereocenters. The van der Waals surface area contributed by atoms with Crippen LogP contribution in [0, 0.1) is 0 Å². The number of carbonyl (C=O) groups excluding carboxylic acids is 2. The third-order valence-corrected chi connectivity index (χ3v) is 6.05. The zero-order valence-electron chi connectivity index (χ0n) is 13.0. The van der Waals surface area contributed by atoms with Crippen LogP contribution in [0.15, 0.2) is 24.3 Å². The lowest BCUT2D eigenvalue weighted by Crippen LogP contribution is -2.37. The highest BCUT2D eigenvalue weighted by Crippen LogP contribution is 2.23. The van der Waals surface area contributed by atoms with Crippen LogP contribution in [-0.2, 0) is 9.84 Å². The van der Waals surface area contributed by atoms with Gasteiger partial charge in [-0.2, -0.15) is 0 Å². The molecule has 23 heavy (non-hydrogen) atoms. The van der Waals surface area contributed by atoms with Gasteiger partial charge >= 0.3 is 0 Å². The molecule has 1 aromatic carbocycles. The van der Waals surface area contributed by atoms with Gasteiger partial charge in [0.25, 0.3) is 11.8 Å². The second-order valence-corrected chi connectivity index (χ2v) is 8.53. The Morgan fingerprint density at radius 2 is 1.65 bits per heavy atom. The third kappa shape index (κ3) is 4.32. The van der Waals surface area contributed by atoms with E-state index in [1.54, 1.807) is 24.3 Å². The van der Waals surface area contributed by atoms with Crippen molar-refractivity contribution in [3.8, 4) is 0 Å². The fraction of sp³-hybridized carbons (Fsp3) is 0.500. The summed E-state index contributed by atoms with van der Waals surface area (Å²) in [5, 5.41) is -0.802. The molecule has 1 aliphatic rings. The van der Waals surface area contributed by atoms with Gasteiger partial charge in [-0.05, 0) is 18.6 Å². The van der Waals surface area contributed by atoms with E-state index in [9.17, 15) is 18.0 Å². The van der Waals surface area contributed by atoms with E-state index in [1.807, 2.05) is 6.92 Å². The van der Waals surface area contributed by atoms with E-state index in [4.69, 9.17) is 11.6 Å². The number of sulfone groups is 1. The smallest absolute Gasteiger partial charge is 0.261 e. The van der Waals surface area contributed by atoms with Crippen molar-refractivity contribution < 1.29 is 18.0 Å². The first-order valence-electron chi connectivity index (χ1n) is 7.65. The minimum absolute atomic E-state index is 0.0895. The number of imide groups is 1. The molecule has 0 spiro atoms. The van der Waals surface area contributed by atoms with Crippen molar-refractivity contribution in [2.75, 3.05) is 18.1 Å². The fourth-order valence-corrected chi connectivity index (χ4v) is 4.77. The van der Waals surface area contributed by atoms with Gasteiger partial charge in [-0.3, -0.25) is 14.5 Å². The van der Waals surface area contributed by atoms with Crippen molar-refractivity contribution in [2.45, 2.75) is 31.6 Å².